The lowest BCUT2D eigenvalue weighted by Gasteiger charge is -2.21. The number of aliphatic carboxylic acids is 4. The van der Waals surface area contributed by atoms with Crippen LogP contribution in [-0.2, 0) is 28.8 Å². The number of carbonyl (C=O) groups excluding carboxylic acids is 2. The summed E-state index contributed by atoms with van der Waals surface area (Å²) in [7, 11) is 0. The smallest absolute Gasteiger partial charge is 0.326 e. The molecule has 0 aliphatic rings. The van der Waals surface area contributed by atoms with Crippen LogP contribution in [0.2, 0.25) is 0 Å². The van der Waals surface area contributed by atoms with Gasteiger partial charge in [0.15, 0.2) is 0 Å². The predicted molar refractivity (Wildman–Crippen MR) is 85.5 cm³/mol. The van der Waals surface area contributed by atoms with Crippen molar-refractivity contribution in [3.63, 3.8) is 0 Å². The molecule has 3 unspecified atom stereocenters. The number of amides is 2. The largest absolute Gasteiger partial charge is 0.481 e. The molecule has 0 aliphatic heterocycles. The molecule has 0 bridgehead atoms. The molecular formula is C14H21N3O10. The fourth-order valence-electron chi connectivity index (χ4n) is 1.87. The molecule has 0 aromatic heterocycles. The van der Waals surface area contributed by atoms with E-state index in [1.807, 2.05) is 10.6 Å². The van der Waals surface area contributed by atoms with Gasteiger partial charge >= 0.3 is 23.9 Å². The Bertz CT molecular complexity index is 606. The third kappa shape index (κ3) is 10.4. The Morgan fingerprint density at radius 2 is 1.19 bits per heavy atom. The monoisotopic (exact) mass is 391 g/mol. The summed E-state index contributed by atoms with van der Waals surface area (Å²) in [4.78, 5) is 67.0. The van der Waals surface area contributed by atoms with E-state index in [2.05, 4.69) is 0 Å². The van der Waals surface area contributed by atoms with Gasteiger partial charge in [-0.1, -0.05) is 0 Å². The Labute approximate surface area is 152 Å². The van der Waals surface area contributed by atoms with E-state index in [-0.39, 0.29) is 6.42 Å². The number of hydrogen-bond acceptors (Lipinski definition) is 7. The zero-order chi connectivity index (χ0) is 21.1. The lowest BCUT2D eigenvalue weighted by atomic mass is 10.1. The number of rotatable bonds is 13. The van der Waals surface area contributed by atoms with Crippen molar-refractivity contribution in [2.45, 2.75) is 50.2 Å². The van der Waals surface area contributed by atoms with Crippen LogP contribution in [0.4, 0.5) is 0 Å². The maximum Gasteiger partial charge on any atom is 0.326 e. The van der Waals surface area contributed by atoms with Gasteiger partial charge in [0, 0.05) is 12.8 Å². The Hall–Kier alpha value is -3.22. The fourth-order valence-corrected chi connectivity index (χ4v) is 1.87. The third-order valence-corrected chi connectivity index (χ3v) is 3.28. The highest BCUT2D eigenvalue weighted by atomic mass is 16.4. The van der Waals surface area contributed by atoms with Gasteiger partial charge in [0.1, 0.15) is 12.1 Å². The van der Waals surface area contributed by atoms with Crippen molar-refractivity contribution in [3.05, 3.63) is 0 Å². The maximum absolute atomic E-state index is 12.1. The lowest BCUT2D eigenvalue weighted by molar-refractivity contribution is -0.144. The topological polar surface area (TPSA) is 233 Å². The van der Waals surface area contributed by atoms with Crippen molar-refractivity contribution >= 4 is 35.7 Å². The minimum Gasteiger partial charge on any atom is -0.481 e. The van der Waals surface area contributed by atoms with E-state index in [0.29, 0.717) is 0 Å². The Morgan fingerprint density at radius 1 is 0.704 bits per heavy atom. The first-order valence-corrected chi connectivity index (χ1v) is 7.68. The quantitative estimate of drug-likeness (QED) is 0.174. The first kappa shape index (κ1) is 23.8. The molecule has 2 amide bonds. The van der Waals surface area contributed by atoms with Gasteiger partial charge in [-0.25, -0.2) is 4.79 Å². The van der Waals surface area contributed by atoms with E-state index < -0.39 is 79.5 Å². The first-order valence-electron chi connectivity index (χ1n) is 7.68. The second-order valence-electron chi connectivity index (χ2n) is 5.53. The second-order valence-corrected chi connectivity index (χ2v) is 5.53. The Balaban J connectivity index is 5.03. The summed E-state index contributed by atoms with van der Waals surface area (Å²) in [6.07, 6.45) is -2.61. The molecule has 0 rings (SSSR count). The third-order valence-electron chi connectivity index (χ3n) is 3.28. The molecule has 0 aliphatic carbocycles. The Morgan fingerprint density at radius 3 is 1.63 bits per heavy atom. The van der Waals surface area contributed by atoms with Crippen molar-refractivity contribution in [2.75, 3.05) is 0 Å². The number of carbonyl (C=O) groups is 6. The number of carboxylic acid groups (broad SMARTS) is 4. The molecule has 0 spiro atoms. The number of carboxylic acids is 4. The zero-order valence-corrected chi connectivity index (χ0v) is 14.1. The number of nitrogens with two attached hydrogens (primary N) is 1. The van der Waals surface area contributed by atoms with E-state index >= 15 is 0 Å². The molecule has 13 heteroatoms. The highest BCUT2D eigenvalue weighted by Gasteiger charge is 2.29. The molecule has 0 saturated carbocycles. The van der Waals surface area contributed by atoms with Gasteiger partial charge in [0.2, 0.25) is 11.8 Å². The van der Waals surface area contributed by atoms with E-state index in [0.717, 1.165) is 0 Å². The molecule has 3 atom stereocenters. The van der Waals surface area contributed by atoms with Gasteiger partial charge in [0.25, 0.3) is 0 Å². The van der Waals surface area contributed by atoms with Gasteiger partial charge in [-0.15, -0.1) is 0 Å². The molecule has 8 N–H and O–H groups in total. The first-order chi connectivity index (χ1) is 12.4. The van der Waals surface area contributed by atoms with Crippen LogP contribution >= 0.6 is 0 Å². The standard InChI is InChI=1S/C14H21N3O10/c15-6(1-3-9(18)19)12(24)17-8(5-11(22)23)13(25)16-7(14(26)27)2-4-10(20)21/h6-8H,1-5,15H2,(H,16,25)(H,17,24)(H,18,19)(H,20,21)(H,22,23)(H,26,27). The van der Waals surface area contributed by atoms with Gasteiger partial charge in [0.05, 0.1) is 12.5 Å². The molecule has 0 heterocycles. The summed E-state index contributed by atoms with van der Waals surface area (Å²) < 4.78 is 0. The lowest BCUT2D eigenvalue weighted by Crippen LogP contribution is -2.55. The van der Waals surface area contributed by atoms with Gasteiger partial charge in [-0.2, -0.15) is 0 Å². The highest BCUT2D eigenvalue weighted by Crippen LogP contribution is 2.02. The number of nitrogens with one attached hydrogen (secondary N) is 2. The van der Waals surface area contributed by atoms with Crippen molar-refractivity contribution in [2.24, 2.45) is 5.73 Å². The van der Waals surface area contributed by atoms with Crippen molar-refractivity contribution in [1.29, 1.82) is 0 Å². The zero-order valence-electron chi connectivity index (χ0n) is 14.1. The molecular weight excluding hydrogens is 370 g/mol. The molecule has 13 nitrogen and oxygen atoms in total. The average Bonchev–Trinajstić information content (AvgIpc) is 2.54. The van der Waals surface area contributed by atoms with E-state index in [1.54, 1.807) is 0 Å². The normalized spacial score (nSPS) is 13.7. The Kier molecular flexibility index (Phi) is 10.0. The van der Waals surface area contributed by atoms with Gasteiger partial charge in [-0.05, 0) is 12.8 Å². The summed E-state index contributed by atoms with van der Waals surface area (Å²) in [5.74, 6) is -7.67. The molecule has 0 fully saturated rings. The average molecular weight is 391 g/mol. The van der Waals surface area contributed by atoms with Crippen LogP contribution in [0.3, 0.4) is 0 Å². The molecule has 0 aromatic rings. The van der Waals surface area contributed by atoms with Crippen LogP contribution in [0.25, 0.3) is 0 Å². The van der Waals surface area contributed by atoms with E-state index in [9.17, 15) is 28.8 Å². The summed E-state index contributed by atoms with van der Waals surface area (Å²) in [5.41, 5.74) is 5.46. The van der Waals surface area contributed by atoms with Crippen LogP contribution in [0.1, 0.15) is 32.1 Å². The molecule has 0 saturated heterocycles. The summed E-state index contributed by atoms with van der Waals surface area (Å²) in [5, 5.41) is 39.0. The maximum atomic E-state index is 12.1. The van der Waals surface area contributed by atoms with Crippen LogP contribution in [0, 0.1) is 0 Å². The van der Waals surface area contributed by atoms with Crippen molar-refractivity contribution in [3.8, 4) is 0 Å². The van der Waals surface area contributed by atoms with Crippen molar-refractivity contribution in [1.82, 2.24) is 10.6 Å². The fraction of sp³-hybridized carbons (Fsp3) is 0.571. The van der Waals surface area contributed by atoms with Crippen LogP contribution < -0.4 is 16.4 Å². The minimum atomic E-state index is -1.68. The molecule has 0 radical (unpaired) electrons. The molecule has 0 aromatic carbocycles. The van der Waals surface area contributed by atoms with E-state index in [4.69, 9.17) is 26.2 Å². The van der Waals surface area contributed by atoms with Crippen LogP contribution in [0.15, 0.2) is 0 Å². The minimum absolute atomic E-state index is 0.265. The summed E-state index contributed by atoms with van der Waals surface area (Å²) in [6, 6.07) is -4.62. The van der Waals surface area contributed by atoms with Gasteiger partial charge < -0.3 is 36.8 Å². The SMILES string of the molecule is NC(CCC(=O)O)C(=O)NC(CC(=O)O)C(=O)NC(CCC(=O)O)C(=O)O. The summed E-state index contributed by atoms with van der Waals surface area (Å²) in [6.45, 7) is 0. The van der Waals surface area contributed by atoms with Crippen molar-refractivity contribution < 1.29 is 49.2 Å². The highest BCUT2D eigenvalue weighted by molar-refractivity contribution is 5.94. The van der Waals surface area contributed by atoms with Gasteiger partial charge in [-0.3, -0.25) is 24.0 Å². The summed E-state index contributed by atoms with van der Waals surface area (Å²) >= 11 is 0. The second kappa shape index (κ2) is 11.4. The van der Waals surface area contributed by atoms with Crippen LogP contribution in [0.5, 0.6) is 0 Å². The van der Waals surface area contributed by atoms with E-state index in [1.165, 1.54) is 0 Å². The number of hydrogen-bond donors (Lipinski definition) is 7. The van der Waals surface area contributed by atoms with Crippen LogP contribution in [-0.4, -0.2) is 74.2 Å². The predicted octanol–water partition coefficient (Wildman–Crippen LogP) is -2.43. The molecule has 27 heavy (non-hydrogen) atoms. The molecule has 152 valence electrons.